The van der Waals surface area contributed by atoms with E-state index in [-0.39, 0.29) is 18.3 Å². The van der Waals surface area contributed by atoms with Crippen molar-refractivity contribution in [3.8, 4) is 5.75 Å². The maximum Gasteiger partial charge on any atom is 0.250 e. The molecule has 2 rings (SSSR count). The molecule has 1 aromatic rings. The van der Waals surface area contributed by atoms with Gasteiger partial charge in [0, 0.05) is 6.04 Å². The van der Waals surface area contributed by atoms with E-state index in [1.54, 1.807) is 18.2 Å². The fourth-order valence-electron chi connectivity index (χ4n) is 2.05. The first kappa shape index (κ1) is 10.4. The Labute approximate surface area is 86.9 Å². The number of aromatic hydroxyl groups is 1. The molecule has 0 spiro atoms. The highest BCUT2D eigenvalue weighted by atomic mass is 19.3. The molecule has 0 aromatic heterocycles. The van der Waals surface area contributed by atoms with Crippen molar-refractivity contribution < 1.29 is 13.9 Å². The minimum atomic E-state index is -2.31. The number of hydrogen-bond acceptors (Lipinski definition) is 2. The van der Waals surface area contributed by atoms with Crippen LogP contribution in [0.5, 0.6) is 5.75 Å². The molecule has 0 radical (unpaired) electrons. The van der Waals surface area contributed by atoms with Gasteiger partial charge in [0.15, 0.2) is 0 Å². The van der Waals surface area contributed by atoms with Crippen LogP contribution in [-0.4, -0.2) is 18.1 Å². The zero-order chi connectivity index (χ0) is 10.8. The largest absolute Gasteiger partial charge is 0.508 e. The molecule has 0 amide bonds. The molecular formula is C11H13F2NO. The van der Waals surface area contributed by atoms with Crippen LogP contribution in [0.15, 0.2) is 18.2 Å². The molecule has 1 aliphatic rings. The third-order valence-corrected chi connectivity index (χ3v) is 2.72. The summed E-state index contributed by atoms with van der Waals surface area (Å²) in [6.07, 6.45) is -0.651. The Morgan fingerprint density at radius 2 is 2.27 bits per heavy atom. The van der Waals surface area contributed by atoms with Crippen molar-refractivity contribution in [1.82, 2.24) is 5.32 Å². The van der Waals surface area contributed by atoms with Gasteiger partial charge in [0.05, 0.1) is 6.54 Å². The first-order valence-corrected chi connectivity index (χ1v) is 5.00. The van der Waals surface area contributed by atoms with E-state index >= 15 is 0 Å². The second-order valence-electron chi connectivity index (χ2n) is 3.77. The minimum Gasteiger partial charge on any atom is -0.508 e. The van der Waals surface area contributed by atoms with Crippen molar-refractivity contribution in [2.75, 3.05) is 6.54 Å². The van der Waals surface area contributed by atoms with Crippen LogP contribution in [0, 0.1) is 0 Å². The first-order valence-electron chi connectivity index (χ1n) is 5.00. The molecule has 2 nitrogen and oxygen atoms in total. The Kier molecular flexibility index (Phi) is 2.86. The number of hydrogen-bond donors (Lipinski definition) is 2. The highest BCUT2D eigenvalue weighted by Crippen LogP contribution is 2.33. The van der Waals surface area contributed by atoms with Gasteiger partial charge in [0.25, 0.3) is 6.43 Å². The smallest absolute Gasteiger partial charge is 0.250 e. The van der Waals surface area contributed by atoms with E-state index in [1.165, 1.54) is 0 Å². The van der Waals surface area contributed by atoms with E-state index in [4.69, 9.17) is 0 Å². The van der Waals surface area contributed by atoms with Crippen LogP contribution in [-0.2, 0) is 6.42 Å². The van der Waals surface area contributed by atoms with Gasteiger partial charge in [0.1, 0.15) is 5.75 Å². The lowest BCUT2D eigenvalue weighted by Gasteiger charge is -2.13. The van der Waals surface area contributed by atoms with Gasteiger partial charge >= 0.3 is 0 Å². The summed E-state index contributed by atoms with van der Waals surface area (Å²) in [7, 11) is 0. The van der Waals surface area contributed by atoms with Crippen LogP contribution in [0.4, 0.5) is 8.78 Å². The van der Waals surface area contributed by atoms with Gasteiger partial charge in [-0.15, -0.1) is 0 Å². The zero-order valence-electron chi connectivity index (χ0n) is 8.21. The molecule has 4 heteroatoms. The molecule has 1 aliphatic carbocycles. The second-order valence-corrected chi connectivity index (χ2v) is 3.77. The lowest BCUT2D eigenvalue weighted by atomic mass is 10.1. The molecule has 0 fully saturated rings. The first-order chi connectivity index (χ1) is 7.16. The molecule has 2 N–H and O–H groups in total. The van der Waals surface area contributed by atoms with Crippen LogP contribution in [0.25, 0.3) is 0 Å². The topological polar surface area (TPSA) is 32.3 Å². The molecule has 0 aliphatic heterocycles. The summed E-state index contributed by atoms with van der Waals surface area (Å²) < 4.78 is 24.1. The molecule has 0 heterocycles. The van der Waals surface area contributed by atoms with Gasteiger partial charge in [0.2, 0.25) is 0 Å². The number of halogens is 2. The van der Waals surface area contributed by atoms with E-state index in [1.807, 2.05) is 0 Å². The highest BCUT2D eigenvalue weighted by molar-refractivity contribution is 5.39. The molecule has 1 atom stereocenters. The van der Waals surface area contributed by atoms with Gasteiger partial charge in [-0.1, -0.05) is 6.07 Å². The van der Waals surface area contributed by atoms with Gasteiger partial charge < -0.3 is 10.4 Å². The summed E-state index contributed by atoms with van der Waals surface area (Å²) in [5.74, 6) is 0.239. The third kappa shape index (κ3) is 2.26. The predicted molar refractivity (Wildman–Crippen MR) is 53.2 cm³/mol. The SMILES string of the molecule is Oc1ccc2c(c1)CCC2NCC(F)F. The van der Waals surface area contributed by atoms with Crippen LogP contribution < -0.4 is 5.32 Å². The average Bonchev–Trinajstić information content (AvgIpc) is 2.57. The van der Waals surface area contributed by atoms with Gasteiger partial charge in [-0.2, -0.15) is 0 Å². The maximum absolute atomic E-state index is 12.0. The number of phenols is 1. The summed E-state index contributed by atoms with van der Waals surface area (Å²) in [5, 5.41) is 12.1. The quantitative estimate of drug-likeness (QED) is 0.807. The Balaban J connectivity index is 2.08. The van der Waals surface area contributed by atoms with Gasteiger partial charge in [-0.05, 0) is 36.1 Å². The fraction of sp³-hybridized carbons (Fsp3) is 0.455. The van der Waals surface area contributed by atoms with E-state index in [9.17, 15) is 13.9 Å². The van der Waals surface area contributed by atoms with Gasteiger partial charge in [-0.25, -0.2) is 8.78 Å². The van der Waals surface area contributed by atoms with Crippen molar-refractivity contribution >= 4 is 0 Å². The Morgan fingerprint density at radius 1 is 1.47 bits per heavy atom. The predicted octanol–water partition coefficient (Wildman–Crippen LogP) is 2.23. The van der Waals surface area contributed by atoms with Crippen LogP contribution >= 0.6 is 0 Å². The van der Waals surface area contributed by atoms with Crippen LogP contribution in [0.3, 0.4) is 0 Å². The van der Waals surface area contributed by atoms with Crippen LogP contribution in [0.2, 0.25) is 0 Å². The van der Waals surface area contributed by atoms with E-state index in [0.29, 0.717) is 0 Å². The summed E-state index contributed by atoms with van der Waals surface area (Å²) in [6.45, 7) is -0.273. The molecule has 0 saturated carbocycles. The van der Waals surface area contributed by atoms with Crippen molar-refractivity contribution in [3.05, 3.63) is 29.3 Å². The summed E-state index contributed by atoms with van der Waals surface area (Å²) in [4.78, 5) is 0. The summed E-state index contributed by atoms with van der Waals surface area (Å²) in [6, 6.07) is 5.12. The van der Waals surface area contributed by atoms with E-state index in [2.05, 4.69) is 5.32 Å². The maximum atomic E-state index is 12.0. The number of fused-ring (bicyclic) bond motifs is 1. The minimum absolute atomic E-state index is 0.00889. The number of phenolic OH excluding ortho intramolecular Hbond substituents is 1. The lowest BCUT2D eigenvalue weighted by molar-refractivity contribution is 0.141. The molecule has 15 heavy (non-hydrogen) atoms. The average molecular weight is 213 g/mol. The van der Waals surface area contributed by atoms with Crippen molar-refractivity contribution in [2.45, 2.75) is 25.3 Å². The monoisotopic (exact) mass is 213 g/mol. The number of benzene rings is 1. The summed E-state index contributed by atoms with van der Waals surface area (Å²) >= 11 is 0. The normalized spacial score (nSPS) is 19.5. The molecule has 82 valence electrons. The Morgan fingerprint density at radius 3 is 3.00 bits per heavy atom. The zero-order valence-corrected chi connectivity index (χ0v) is 8.21. The van der Waals surface area contributed by atoms with Crippen molar-refractivity contribution in [1.29, 1.82) is 0 Å². The molecular weight excluding hydrogens is 200 g/mol. The molecule has 0 saturated heterocycles. The molecule has 0 bridgehead atoms. The van der Waals surface area contributed by atoms with E-state index < -0.39 is 6.43 Å². The van der Waals surface area contributed by atoms with Crippen molar-refractivity contribution in [2.24, 2.45) is 0 Å². The van der Waals surface area contributed by atoms with Crippen LogP contribution in [0.1, 0.15) is 23.6 Å². The number of rotatable bonds is 3. The summed E-state index contributed by atoms with van der Waals surface area (Å²) in [5.41, 5.74) is 2.09. The fourth-order valence-corrected chi connectivity index (χ4v) is 2.05. The Bertz CT molecular complexity index is 354. The number of nitrogens with one attached hydrogen (secondary N) is 1. The number of alkyl halides is 2. The van der Waals surface area contributed by atoms with E-state index in [0.717, 1.165) is 24.0 Å². The van der Waals surface area contributed by atoms with Gasteiger partial charge in [-0.3, -0.25) is 0 Å². The Hall–Kier alpha value is -1.16. The highest BCUT2D eigenvalue weighted by Gasteiger charge is 2.22. The second kappa shape index (κ2) is 4.14. The third-order valence-electron chi connectivity index (χ3n) is 2.72. The lowest BCUT2D eigenvalue weighted by Crippen LogP contribution is -2.24. The standard InChI is InChI=1S/C11H13F2NO/c12-11(13)6-14-10-4-1-7-5-8(15)2-3-9(7)10/h2-3,5,10-11,14-15H,1,4,6H2. The number of aryl methyl sites for hydroxylation is 1. The molecule has 1 aromatic carbocycles. The van der Waals surface area contributed by atoms with Crippen molar-refractivity contribution in [3.63, 3.8) is 0 Å². The molecule has 1 unspecified atom stereocenters.